The first-order valence-corrected chi connectivity index (χ1v) is 9.39. The van der Waals surface area contributed by atoms with Crippen molar-refractivity contribution in [3.05, 3.63) is 95.7 Å². The Morgan fingerprint density at radius 3 is 2.43 bits per heavy atom. The zero-order chi connectivity index (χ0) is 19.1. The van der Waals surface area contributed by atoms with E-state index in [0.29, 0.717) is 11.6 Å². The van der Waals surface area contributed by atoms with E-state index in [0.717, 1.165) is 17.7 Å². The maximum atomic E-state index is 5.93. The Kier molecular flexibility index (Phi) is 3.87. The first-order valence-electron chi connectivity index (χ1n) is 9.39. The van der Waals surface area contributed by atoms with E-state index in [1.165, 1.54) is 33.4 Å². The number of nitrogens with two attached hydrogens (primary N) is 1. The van der Waals surface area contributed by atoms with Gasteiger partial charge in [-0.15, -0.1) is 0 Å². The molecule has 0 bridgehead atoms. The van der Waals surface area contributed by atoms with Crippen LogP contribution in [0.15, 0.2) is 79.0 Å². The predicted molar refractivity (Wildman–Crippen MR) is 114 cm³/mol. The van der Waals surface area contributed by atoms with Gasteiger partial charge in [-0.2, -0.15) is 0 Å². The molecule has 1 aliphatic rings. The summed E-state index contributed by atoms with van der Waals surface area (Å²) in [4.78, 5) is 4.28. The minimum absolute atomic E-state index is 0.581. The number of ether oxygens (including phenoxy) is 1. The summed E-state index contributed by atoms with van der Waals surface area (Å²) in [5.41, 5.74) is 15.3. The highest BCUT2D eigenvalue weighted by Gasteiger charge is 2.20. The van der Waals surface area contributed by atoms with Gasteiger partial charge in [0.05, 0.1) is 11.9 Å². The zero-order valence-corrected chi connectivity index (χ0v) is 15.6. The third kappa shape index (κ3) is 2.81. The normalized spacial score (nSPS) is 11.8. The molecule has 3 aromatic carbocycles. The van der Waals surface area contributed by atoms with Crippen LogP contribution in [0, 0.1) is 6.92 Å². The van der Waals surface area contributed by atoms with E-state index in [1.54, 1.807) is 6.20 Å². The van der Waals surface area contributed by atoms with Gasteiger partial charge < -0.3 is 10.5 Å². The van der Waals surface area contributed by atoms with Crippen molar-refractivity contribution in [2.24, 2.45) is 0 Å². The second-order valence-electron chi connectivity index (χ2n) is 7.18. The maximum Gasteiger partial charge on any atom is 0.222 e. The van der Waals surface area contributed by atoms with Crippen LogP contribution in [0.25, 0.3) is 22.3 Å². The Morgan fingerprint density at radius 1 is 0.857 bits per heavy atom. The molecule has 0 atom stereocenters. The zero-order valence-electron chi connectivity index (χ0n) is 15.6. The van der Waals surface area contributed by atoms with Crippen molar-refractivity contribution in [3.63, 3.8) is 0 Å². The smallest absolute Gasteiger partial charge is 0.222 e. The Bertz CT molecular complexity index is 1180. The molecule has 2 N–H and O–H groups in total. The van der Waals surface area contributed by atoms with Gasteiger partial charge in [0, 0.05) is 5.56 Å². The Labute approximate surface area is 164 Å². The molecular weight excluding hydrogens is 344 g/mol. The summed E-state index contributed by atoms with van der Waals surface area (Å²) in [7, 11) is 0. The molecule has 4 aromatic rings. The van der Waals surface area contributed by atoms with Crippen LogP contribution in [-0.2, 0) is 6.42 Å². The van der Waals surface area contributed by atoms with E-state index in [-0.39, 0.29) is 0 Å². The van der Waals surface area contributed by atoms with Gasteiger partial charge in [0.2, 0.25) is 5.88 Å². The highest BCUT2D eigenvalue weighted by molar-refractivity contribution is 5.84. The molecule has 136 valence electrons. The highest BCUT2D eigenvalue weighted by Crippen LogP contribution is 2.41. The van der Waals surface area contributed by atoms with Gasteiger partial charge in [0.1, 0.15) is 5.75 Å². The summed E-state index contributed by atoms with van der Waals surface area (Å²) in [6.07, 6.45) is 2.59. The monoisotopic (exact) mass is 364 g/mol. The van der Waals surface area contributed by atoms with E-state index in [2.05, 4.69) is 59.6 Å². The fourth-order valence-electron chi connectivity index (χ4n) is 3.93. The average Bonchev–Trinajstić information content (AvgIpc) is 3.10. The van der Waals surface area contributed by atoms with Crippen LogP contribution in [-0.4, -0.2) is 4.98 Å². The van der Waals surface area contributed by atoms with Crippen molar-refractivity contribution in [3.8, 4) is 33.9 Å². The number of hydrogen-bond acceptors (Lipinski definition) is 3. The molecule has 1 aromatic heterocycles. The van der Waals surface area contributed by atoms with Gasteiger partial charge in [-0.3, -0.25) is 0 Å². The summed E-state index contributed by atoms with van der Waals surface area (Å²) < 4.78 is 5.93. The molecule has 1 aliphatic carbocycles. The third-order valence-corrected chi connectivity index (χ3v) is 5.28. The summed E-state index contributed by atoms with van der Waals surface area (Å²) in [5, 5.41) is 0. The summed E-state index contributed by atoms with van der Waals surface area (Å²) >= 11 is 0. The highest BCUT2D eigenvalue weighted by atomic mass is 16.5. The molecule has 0 radical (unpaired) electrons. The third-order valence-electron chi connectivity index (χ3n) is 5.28. The molecule has 0 aliphatic heterocycles. The lowest BCUT2D eigenvalue weighted by Crippen LogP contribution is -1.94. The van der Waals surface area contributed by atoms with Crippen LogP contribution in [0.4, 0.5) is 5.69 Å². The van der Waals surface area contributed by atoms with Gasteiger partial charge in [-0.25, -0.2) is 4.98 Å². The standard InChI is InChI=1S/C25H20N2O/c1-16-13-19(26)15-27-25(16)28-20-11-9-17(10-12-20)21-7-4-8-23-22-6-3-2-5-18(22)14-24(21)23/h2-13,15H,14,26H2,1H3. The van der Waals surface area contributed by atoms with Crippen LogP contribution in [0.1, 0.15) is 16.7 Å². The Morgan fingerprint density at radius 2 is 1.61 bits per heavy atom. The molecule has 3 nitrogen and oxygen atoms in total. The van der Waals surface area contributed by atoms with E-state index >= 15 is 0 Å². The van der Waals surface area contributed by atoms with E-state index in [9.17, 15) is 0 Å². The van der Waals surface area contributed by atoms with Gasteiger partial charge in [-0.05, 0) is 64.9 Å². The van der Waals surface area contributed by atoms with Crippen LogP contribution in [0.2, 0.25) is 0 Å². The van der Waals surface area contributed by atoms with Crippen molar-refractivity contribution in [2.45, 2.75) is 13.3 Å². The molecule has 0 saturated heterocycles. The first kappa shape index (κ1) is 16.6. The number of pyridine rings is 1. The van der Waals surface area contributed by atoms with Crippen molar-refractivity contribution in [1.29, 1.82) is 0 Å². The molecule has 0 fully saturated rings. The van der Waals surface area contributed by atoms with Crippen molar-refractivity contribution < 1.29 is 4.74 Å². The lowest BCUT2D eigenvalue weighted by atomic mass is 9.96. The first-order chi connectivity index (χ1) is 13.7. The molecule has 1 heterocycles. The molecule has 0 saturated carbocycles. The maximum absolute atomic E-state index is 5.93. The van der Waals surface area contributed by atoms with Crippen molar-refractivity contribution in [1.82, 2.24) is 4.98 Å². The number of aromatic nitrogens is 1. The van der Waals surface area contributed by atoms with Crippen LogP contribution < -0.4 is 10.5 Å². The van der Waals surface area contributed by atoms with Crippen molar-refractivity contribution in [2.75, 3.05) is 5.73 Å². The molecule has 0 spiro atoms. The van der Waals surface area contributed by atoms with Gasteiger partial charge in [0.25, 0.3) is 0 Å². The molecule has 5 rings (SSSR count). The van der Waals surface area contributed by atoms with Gasteiger partial charge in [0.15, 0.2) is 0 Å². The minimum Gasteiger partial charge on any atom is -0.439 e. The van der Waals surface area contributed by atoms with Crippen LogP contribution in [0.5, 0.6) is 11.6 Å². The Hall–Kier alpha value is -3.59. The average molecular weight is 364 g/mol. The molecule has 28 heavy (non-hydrogen) atoms. The number of hydrogen-bond donors (Lipinski definition) is 1. The quantitative estimate of drug-likeness (QED) is 0.427. The summed E-state index contributed by atoms with van der Waals surface area (Å²) in [6, 6.07) is 25.3. The predicted octanol–water partition coefficient (Wildman–Crippen LogP) is 6.00. The fraction of sp³-hybridized carbons (Fsp3) is 0.0800. The topological polar surface area (TPSA) is 48.1 Å². The SMILES string of the molecule is Cc1cc(N)cnc1Oc1ccc(-c2cccc3c2Cc2ccccc2-3)cc1. The van der Waals surface area contributed by atoms with Crippen molar-refractivity contribution >= 4 is 5.69 Å². The van der Waals surface area contributed by atoms with E-state index in [4.69, 9.17) is 10.5 Å². The van der Waals surface area contributed by atoms with Crippen LogP contribution >= 0.6 is 0 Å². The Balaban J connectivity index is 1.46. The van der Waals surface area contributed by atoms with E-state index < -0.39 is 0 Å². The fourth-order valence-corrected chi connectivity index (χ4v) is 3.93. The molecular formula is C25H20N2O. The van der Waals surface area contributed by atoms with E-state index in [1.807, 2.05) is 25.1 Å². The second-order valence-corrected chi connectivity index (χ2v) is 7.18. The molecule has 3 heteroatoms. The number of anilines is 1. The van der Waals surface area contributed by atoms with Gasteiger partial charge >= 0.3 is 0 Å². The number of nitrogens with zero attached hydrogens (tertiary/aromatic N) is 1. The second kappa shape index (κ2) is 6.54. The number of rotatable bonds is 3. The minimum atomic E-state index is 0.581. The lowest BCUT2D eigenvalue weighted by molar-refractivity contribution is 0.459. The van der Waals surface area contributed by atoms with Gasteiger partial charge in [-0.1, -0.05) is 54.6 Å². The number of benzene rings is 3. The summed E-state index contributed by atoms with van der Waals surface area (Å²) in [6.45, 7) is 1.94. The van der Waals surface area contributed by atoms with Crippen LogP contribution in [0.3, 0.4) is 0 Å². The summed E-state index contributed by atoms with van der Waals surface area (Å²) in [5.74, 6) is 1.35. The lowest BCUT2D eigenvalue weighted by Gasteiger charge is -2.11. The number of aryl methyl sites for hydroxylation is 1. The molecule has 0 unspecified atom stereocenters. The molecule has 0 amide bonds. The number of nitrogen functional groups attached to an aromatic ring is 1. The number of fused-ring (bicyclic) bond motifs is 3. The largest absolute Gasteiger partial charge is 0.439 e.